The molecule has 0 fully saturated rings. The van der Waals surface area contributed by atoms with Crippen molar-refractivity contribution >= 4 is 27.5 Å². The molecule has 7 nitrogen and oxygen atoms in total. The second kappa shape index (κ2) is 11.8. The molecule has 180 valence electrons. The Hall–Kier alpha value is -2.94. The summed E-state index contributed by atoms with van der Waals surface area (Å²) in [4.78, 5) is 27.5. The van der Waals surface area contributed by atoms with E-state index in [-0.39, 0.29) is 24.2 Å². The van der Waals surface area contributed by atoms with Crippen LogP contribution in [0, 0.1) is 5.82 Å². The SMILES string of the molecule is CC[C@@H](C)NC(=O)[C@H](C)N(CCc1ccccc1)C(=O)CN(c1ccc(F)cc1)S(C)(=O)=O. The number of anilines is 1. The maximum absolute atomic E-state index is 13.3. The molecule has 2 aromatic rings. The molecular weight excluding hydrogens is 445 g/mol. The van der Waals surface area contributed by atoms with Crippen LogP contribution in [-0.2, 0) is 26.0 Å². The summed E-state index contributed by atoms with van der Waals surface area (Å²) in [6.45, 7) is 5.18. The fraction of sp³-hybridized carbons (Fsp3) is 0.417. The van der Waals surface area contributed by atoms with Gasteiger partial charge in [-0.25, -0.2) is 12.8 Å². The Kier molecular flexibility index (Phi) is 9.40. The van der Waals surface area contributed by atoms with Gasteiger partial charge >= 0.3 is 0 Å². The van der Waals surface area contributed by atoms with E-state index in [9.17, 15) is 22.4 Å². The van der Waals surface area contributed by atoms with Crippen molar-refractivity contribution in [2.24, 2.45) is 0 Å². The number of sulfonamides is 1. The van der Waals surface area contributed by atoms with Gasteiger partial charge in [-0.15, -0.1) is 0 Å². The first-order valence-corrected chi connectivity index (χ1v) is 12.7. The second-order valence-corrected chi connectivity index (χ2v) is 9.97. The highest BCUT2D eigenvalue weighted by atomic mass is 32.2. The molecule has 2 rings (SSSR count). The van der Waals surface area contributed by atoms with Gasteiger partial charge in [-0.2, -0.15) is 0 Å². The molecular formula is C24H32FN3O4S. The summed E-state index contributed by atoms with van der Waals surface area (Å²) in [6.07, 6.45) is 2.23. The molecule has 0 aliphatic rings. The summed E-state index contributed by atoms with van der Waals surface area (Å²) in [5.74, 6) is -1.34. The van der Waals surface area contributed by atoms with E-state index in [1.54, 1.807) is 6.92 Å². The van der Waals surface area contributed by atoms with Gasteiger partial charge in [-0.3, -0.25) is 13.9 Å². The maximum atomic E-state index is 13.3. The molecule has 0 heterocycles. The molecule has 0 unspecified atom stereocenters. The van der Waals surface area contributed by atoms with E-state index in [0.717, 1.165) is 34.7 Å². The van der Waals surface area contributed by atoms with Crippen molar-refractivity contribution in [1.29, 1.82) is 0 Å². The van der Waals surface area contributed by atoms with Gasteiger partial charge in [-0.1, -0.05) is 37.3 Å². The van der Waals surface area contributed by atoms with Crippen LogP contribution in [0.2, 0.25) is 0 Å². The van der Waals surface area contributed by atoms with Crippen LogP contribution < -0.4 is 9.62 Å². The van der Waals surface area contributed by atoms with Gasteiger partial charge in [0.15, 0.2) is 0 Å². The Morgan fingerprint density at radius 1 is 1.03 bits per heavy atom. The lowest BCUT2D eigenvalue weighted by molar-refractivity contribution is -0.139. The first-order chi connectivity index (χ1) is 15.5. The number of carbonyl (C=O) groups is 2. The molecule has 2 aromatic carbocycles. The van der Waals surface area contributed by atoms with E-state index in [4.69, 9.17) is 0 Å². The van der Waals surface area contributed by atoms with Crippen LogP contribution in [0.1, 0.15) is 32.8 Å². The van der Waals surface area contributed by atoms with Crippen LogP contribution in [0.15, 0.2) is 54.6 Å². The van der Waals surface area contributed by atoms with Gasteiger partial charge in [0.05, 0.1) is 11.9 Å². The normalized spacial score (nSPS) is 13.1. The Bertz CT molecular complexity index is 1030. The smallest absolute Gasteiger partial charge is 0.244 e. The van der Waals surface area contributed by atoms with Crippen molar-refractivity contribution in [2.45, 2.75) is 45.7 Å². The average Bonchev–Trinajstić information content (AvgIpc) is 2.78. The minimum atomic E-state index is -3.83. The van der Waals surface area contributed by atoms with Gasteiger partial charge < -0.3 is 10.2 Å². The predicted molar refractivity (Wildman–Crippen MR) is 128 cm³/mol. The highest BCUT2D eigenvalue weighted by molar-refractivity contribution is 7.92. The molecule has 0 spiro atoms. The van der Waals surface area contributed by atoms with Gasteiger partial charge in [0, 0.05) is 12.6 Å². The molecule has 9 heteroatoms. The van der Waals surface area contributed by atoms with Crippen molar-refractivity contribution in [3.05, 3.63) is 66.0 Å². The highest BCUT2D eigenvalue weighted by Gasteiger charge is 2.30. The number of nitrogens with zero attached hydrogens (tertiary/aromatic N) is 2. The number of amides is 2. The van der Waals surface area contributed by atoms with Crippen molar-refractivity contribution in [3.8, 4) is 0 Å². The zero-order valence-electron chi connectivity index (χ0n) is 19.5. The number of hydrogen-bond donors (Lipinski definition) is 1. The Balaban J connectivity index is 2.29. The molecule has 0 aromatic heterocycles. The second-order valence-electron chi connectivity index (χ2n) is 8.06. The average molecular weight is 478 g/mol. The minimum Gasteiger partial charge on any atom is -0.352 e. The van der Waals surface area contributed by atoms with Gasteiger partial charge in [-0.05, 0) is 56.5 Å². The monoisotopic (exact) mass is 477 g/mol. The molecule has 0 aliphatic carbocycles. The van der Waals surface area contributed by atoms with Crippen molar-refractivity contribution in [3.63, 3.8) is 0 Å². The van der Waals surface area contributed by atoms with Crippen LogP contribution in [-0.4, -0.2) is 56.6 Å². The predicted octanol–water partition coefficient (Wildman–Crippen LogP) is 2.97. The highest BCUT2D eigenvalue weighted by Crippen LogP contribution is 2.19. The molecule has 33 heavy (non-hydrogen) atoms. The largest absolute Gasteiger partial charge is 0.352 e. The first kappa shape index (κ1) is 26.3. The third kappa shape index (κ3) is 7.85. The van der Waals surface area contributed by atoms with Crippen molar-refractivity contribution in [2.75, 3.05) is 23.7 Å². The summed E-state index contributed by atoms with van der Waals surface area (Å²) in [7, 11) is -3.83. The zero-order valence-corrected chi connectivity index (χ0v) is 20.3. The maximum Gasteiger partial charge on any atom is 0.244 e. The lowest BCUT2D eigenvalue weighted by Gasteiger charge is -2.32. The Labute approximate surface area is 195 Å². The van der Waals surface area contributed by atoms with Crippen LogP contribution in [0.5, 0.6) is 0 Å². The summed E-state index contributed by atoms with van der Waals surface area (Å²) in [5.41, 5.74) is 1.16. The van der Waals surface area contributed by atoms with Crippen LogP contribution in [0.25, 0.3) is 0 Å². The summed E-state index contributed by atoms with van der Waals surface area (Å²) in [5, 5.41) is 2.88. The van der Waals surface area contributed by atoms with Crippen LogP contribution in [0.3, 0.4) is 0 Å². The number of carbonyl (C=O) groups excluding carboxylic acids is 2. The van der Waals surface area contributed by atoms with E-state index in [1.807, 2.05) is 44.2 Å². The van der Waals surface area contributed by atoms with Crippen LogP contribution in [0.4, 0.5) is 10.1 Å². The summed E-state index contributed by atoms with van der Waals surface area (Å²) < 4.78 is 39.1. The van der Waals surface area contributed by atoms with E-state index >= 15 is 0 Å². The third-order valence-electron chi connectivity index (χ3n) is 5.45. The fourth-order valence-corrected chi connectivity index (χ4v) is 4.11. The standard InChI is InChI=1S/C24H32FN3O4S/c1-5-18(2)26-24(30)19(3)27(16-15-20-9-7-6-8-10-20)23(29)17-28(33(4,31)32)22-13-11-21(25)12-14-22/h6-14,18-19H,5,15-17H2,1-4H3,(H,26,30)/t18-,19+/m1/s1. The molecule has 0 saturated carbocycles. The van der Waals surface area contributed by atoms with E-state index in [0.29, 0.717) is 6.42 Å². The van der Waals surface area contributed by atoms with Crippen LogP contribution >= 0.6 is 0 Å². The fourth-order valence-electron chi connectivity index (χ4n) is 3.26. The van der Waals surface area contributed by atoms with E-state index < -0.39 is 34.3 Å². The van der Waals surface area contributed by atoms with E-state index in [1.165, 1.54) is 17.0 Å². The number of hydrogen-bond acceptors (Lipinski definition) is 4. The summed E-state index contributed by atoms with van der Waals surface area (Å²) >= 11 is 0. The molecule has 0 radical (unpaired) electrons. The topological polar surface area (TPSA) is 86.8 Å². The van der Waals surface area contributed by atoms with E-state index in [2.05, 4.69) is 5.32 Å². The van der Waals surface area contributed by atoms with Gasteiger partial charge in [0.1, 0.15) is 18.4 Å². The number of nitrogens with one attached hydrogen (secondary N) is 1. The lowest BCUT2D eigenvalue weighted by Crippen LogP contribution is -2.53. The van der Waals surface area contributed by atoms with Crippen molar-refractivity contribution in [1.82, 2.24) is 10.2 Å². The zero-order chi connectivity index (χ0) is 24.6. The lowest BCUT2D eigenvalue weighted by atomic mass is 10.1. The number of rotatable bonds is 11. The quantitative estimate of drug-likeness (QED) is 0.539. The minimum absolute atomic E-state index is 0.0576. The molecule has 1 N–H and O–H groups in total. The van der Waals surface area contributed by atoms with Gasteiger partial charge in [0.25, 0.3) is 0 Å². The third-order valence-corrected chi connectivity index (χ3v) is 6.59. The molecule has 0 bridgehead atoms. The Morgan fingerprint density at radius 2 is 1.64 bits per heavy atom. The van der Waals surface area contributed by atoms with Crippen molar-refractivity contribution < 1.29 is 22.4 Å². The molecule has 2 amide bonds. The molecule has 2 atom stereocenters. The molecule has 0 saturated heterocycles. The first-order valence-electron chi connectivity index (χ1n) is 10.9. The van der Waals surface area contributed by atoms with Gasteiger partial charge in [0.2, 0.25) is 21.8 Å². The Morgan fingerprint density at radius 3 is 2.18 bits per heavy atom. The molecule has 0 aliphatic heterocycles. The number of benzene rings is 2. The number of halogens is 1. The summed E-state index contributed by atoms with van der Waals surface area (Å²) in [6, 6.07) is 13.5.